The molecule has 0 aliphatic carbocycles. The van der Waals surface area contributed by atoms with Crippen LogP contribution in [0.5, 0.6) is 0 Å². The van der Waals surface area contributed by atoms with Gasteiger partial charge in [-0.05, 0) is 31.4 Å². The molecule has 3 aromatic rings. The van der Waals surface area contributed by atoms with E-state index in [1.165, 1.54) is 11.3 Å². The van der Waals surface area contributed by atoms with E-state index in [-0.39, 0.29) is 24.2 Å². The van der Waals surface area contributed by atoms with Crippen LogP contribution in [-0.4, -0.2) is 40.0 Å². The minimum Gasteiger partial charge on any atom is -0.342 e. The Hall–Kier alpha value is -3.06. The van der Waals surface area contributed by atoms with Crippen LogP contribution >= 0.6 is 11.3 Å². The van der Waals surface area contributed by atoms with Crippen LogP contribution in [-0.2, 0) is 9.59 Å². The van der Waals surface area contributed by atoms with Gasteiger partial charge in [-0.3, -0.25) is 9.59 Å². The summed E-state index contributed by atoms with van der Waals surface area (Å²) in [6, 6.07) is 17.9. The van der Waals surface area contributed by atoms with Crippen LogP contribution in [0.15, 0.2) is 54.6 Å². The summed E-state index contributed by atoms with van der Waals surface area (Å²) in [5, 5.41) is 12.3. The van der Waals surface area contributed by atoms with Crippen molar-refractivity contribution in [3.05, 3.63) is 65.7 Å². The number of rotatable bonds is 10. The smallest absolute Gasteiger partial charge is 0.230 e. The van der Waals surface area contributed by atoms with Gasteiger partial charge in [0.2, 0.25) is 16.9 Å². The minimum absolute atomic E-state index is 0.0750. The van der Waals surface area contributed by atoms with Gasteiger partial charge in [-0.15, -0.1) is 10.2 Å². The SMILES string of the molecule is CCCN(CCC(=O)Nc1nnc(-c2cccc(C)c2)s1)C(=O)C(CC)c1ccccc1. The Labute approximate surface area is 193 Å². The van der Waals surface area contributed by atoms with Crippen molar-refractivity contribution in [3.63, 3.8) is 0 Å². The summed E-state index contributed by atoms with van der Waals surface area (Å²) < 4.78 is 0. The number of hydrogen-bond acceptors (Lipinski definition) is 5. The highest BCUT2D eigenvalue weighted by atomic mass is 32.1. The molecule has 0 bridgehead atoms. The van der Waals surface area contributed by atoms with Crippen molar-refractivity contribution in [1.29, 1.82) is 0 Å². The Morgan fingerprint density at radius 3 is 2.50 bits per heavy atom. The van der Waals surface area contributed by atoms with Gasteiger partial charge >= 0.3 is 0 Å². The number of amides is 2. The summed E-state index contributed by atoms with van der Waals surface area (Å²) in [5.74, 6) is -0.282. The zero-order chi connectivity index (χ0) is 22.9. The van der Waals surface area contributed by atoms with Crippen molar-refractivity contribution in [2.24, 2.45) is 0 Å². The van der Waals surface area contributed by atoms with E-state index in [0.717, 1.165) is 34.5 Å². The molecule has 1 aromatic heterocycles. The van der Waals surface area contributed by atoms with E-state index in [0.29, 0.717) is 18.2 Å². The topological polar surface area (TPSA) is 75.2 Å². The van der Waals surface area contributed by atoms with Crippen LogP contribution in [0, 0.1) is 6.92 Å². The molecule has 0 aliphatic rings. The molecule has 6 nitrogen and oxygen atoms in total. The van der Waals surface area contributed by atoms with Crippen LogP contribution in [0.4, 0.5) is 5.13 Å². The average Bonchev–Trinajstić information content (AvgIpc) is 3.26. The zero-order valence-electron chi connectivity index (χ0n) is 18.9. The van der Waals surface area contributed by atoms with Gasteiger partial charge in [0.05, 0.1) is 5.92 Å². The molecule has 0 spiro atoms. The summed E-state index contributed by atoms with van der Waals surface area (Å²) in [5.41, 5.74) is 3.14. The van der Waals surface area contributed by atoms with E-state index in [1.54, 1.807) is 4.90 Å². The van der Waals surface area contributed by atoms with Gasteiger partial charge in [-0.25, -0.2) is 0 Å². The van der Waals surface area contributed by atoms with Crippen LogP contribution in [0.3, 0.4) is 0 Å². The molecule has 1 heterocycles. The van der Waals surface area contributed by atoms with Crippen LogP contribution in [0.25, 0.3) is 10.6 Å². The Kier molecular flexibility index (Phi) is 8.50. The number of hydrogen-bond donors (Lipinski definition) is 1. The maximum Gasteiger partial charge on any atom is 0.230 e. The number of carbonyl (C=O) groups is 2. The third-order valence-corrected chi connectivity index (χ3v) is 6.15. The first-order chi connectivity index (χ1) is 15.5. The lowest BCUT2D eigenvalue weighted by molar-refractivity contribution is -0.133. The Morgan fingerprint density at radius 1 is 1.03 bits per heavy atom. The lowest BCUT2D eigenvalue weighted by Crippen LogP contribution is -2.37. The van der Waals surface area contributed by atoms with Crippen molar-refractivity contribution in [2.45, 2.75) is 46.0 Å². The summed E-state index contributed by atoms with van der Waals surface area (Å²) in [6.45, 7) is 7.10. The normalized spacial score (nSPS) is 11.7. The molecule has 7 heteroatoms. The molecule has 1 N–H and O–H groups in total. The summed E-state index contributed by atoms with van der Waals surface area (Å²) >= 11 is 1.34. The van der Waals surface area contributed by atoms with Gasteiger partial charge in [0.25, 0.3) is 0 Å². The molecular formula is C25H30N4O2S. The summed E-state index contributed by atoms with van der Waals surface area (Å²) in [4.78, 5) is 27.5. The number of nitrogens with one attached hydrogen (secondary N) is 1. The van der Waals surface area contributed by atoms with Crippen molar-refractivity contribution in [2.75, 3.05) is 18.4 Å². The van der Waals surface area contributed by atoms with Gasteiger partial charge in [0.15, 0.2) is 0 Å². The van der Waals surface area contributed by atoms with Crippen LogP contribution < -0.4 is 5.32 Å². The molecule has 1 unspecified atom stereocenters. The van der Waals surface area contributed by atoms with Crippen molar-refractivity contribution < 1.29 is 9.59 Å². The molecule has 1 atom stereocenters. The highest BCUT2D eigenvalue weighted by molar-refractivity contribution is 7.18. The zero-order valence-corrected chi connectivity index (χ0v) is 19.7. The third kappa shape index (κ3) is 6.23. The maximum atomic E-state index is 13.2. The molecule has 2 aromatic carbocycles. The van der Waals surface area contributed by atoms with Gasteiger partial charge in [-0.1, -0.05) is 79.3 Å². The Balaban J connectivity index is 1.60. The van der Waals surface area contributed by atoms with Gasteiger partial charge in [-0.2, -0.15) is 0 Å². The molecule has 0 aliphatic heterocycles. The molecule has 32 heavy (non-hydrogen) atoms. The second-order valence-corrected chi connectivity index (χ2v) is 8.75. The van der Waals surface area contributed by atoms with E-state index >= 15 is 0 Å². The van der Waals surface area contributed by atoms with Crippen LogP contribution in [0.2, 0.25) is 0 Å². The first-order valence-electron chi connectivity index (χ1n) is 11.1. The Morgan fingerprint density at radius 2 is 1.81 bits per heavy atom. The molecule has 0 radical (unpaired) electrons. The lowest BCUT2D eigenvalue weighted by atomic mass is 9.95. The fourth-order valence-electron chi connectivity index (χ4n) is 3.65. The standard InChI is InChI=1S/C25H30N4O2S/c1-4-15-29(24(31)21(5-2)19-11-7-6-8-12-19)16-14-22(30)26-25-28-27-23(32-25)20-13-9-10-18(3)17-20/h6-13,17,21H,4-5,14-16H2,1-3H3,(H,26,28,30). The van der Waals surface area contributed by atoms with Crippen molar-refractivity contribution in [1.82, 2.24) is 15.1 Å². The highest BCUT2D eigenvalue weighted by Gasteiger charge is 2.24. The molecule has 0 fully saturated rings. The minimum atomic E-state index is -0.189. The monoisotopic (exact) mass is 450 g/mol. The third-order valence-electron chi connectivity index (χ3n) is 5.26. The number of anilines is 1. The van der Waals surface area contributed by atoms with E-state index in [9.17, 15) is 9.59 Å². The summed E-state index contributed by atoms with van der Waals surface area (Å²) in [7, 11) is 0. The number of nitrogens with zero attached hydrogens (tertiary/aromatic N) is 3. The number of benzene rings is 2. The van der Waals surface area contributed by atoms with E-state index < -0.39 is 0 Å². The fraction of sp³-hybridized carbons (Fsp3) is 0.360. The first-order valence-corrected chi connectivity index (χ1v) is 11.9. The Bertz CT molecular complexity index is 1040. The molecule has 2 amide bonds. The lowest BCUT2D eigenvalue weighted by Gasteiger charge is -2.26. The van der Waals surface area contributed by atoms with E-state index in [2.05, 4.69) is 15.5 Å². The van der Waals surface area contributed by atoms with Gasteiger partial charge in [0.1, 0.15) is 5.01 Å². The number of aromatic nitrogens is 2. The second-order valence-electron chi connectivity index (χ2n) is 7.78. The molecular weight excluding hydrogens is 420 g/mol. The molecule has 0 saturated carbocycles. The predicted octanol–water partition coefficient (Wildman–Crippen LogP) is 5.27. The largest absolute Gasteiger partial charge is 0.342 e. The predicted molar refractivity (Wildman–Crippen MR) is 130 cm³/mol. The van der Waals surface area contributed by atoms with Crippen LogP contribution in [0.1, 0.15) is 50.2 Å². The maximum absolute atomic E-state index is 13.2. The van der Waals surface area contributed by atoms with Gasteiger partial charge in [0, 0.05) is 25.1 Å². The van der Waals surface area contributed by atoms with Crippen molar-refractivity contribution >= 4 is 28.3 Å². The highest BCUT2D eigenvalue weighted by Crippen LogP contribution is 2.27. The van der Waals surface area contributed by atoms with Crippen molar-refractivity contribution in [3.8, 4) is 10.6 Å². The fourth-order valence-corrected chi connectivity index (χ4v) is 4.40. The number of aryl methyl sites for hydroxylation is 1. The molecule has 3 rings (SSSR count). The van der Waals surface area contributed by atoms with E-state index in [1.807, 2.05) is 75.4 Å². The average molecular weight is 451 g/mol. The molecule has 168 valence electrons. The quantitative estimate of drug-likeness (QED) is 0.456. The molecule has 0 saturated heterocycles. The number of carbonyl (C=O) groups excluding carboxylic acids is 2. The summed E-state index contributed by atoms with van der Waals surface area (Å²) in [6.07, 6.45) is 1.78. The first kappa shape index (κ1) is 23.6. The van der Waals surface area contributed by atoms with E-state index in [4.69, 9.17) is 0 Å². The second kappa shape index (κ2) is 11.5. The van der Waals surface area contributed by atoms with Gasteiger partial charge < -0.3 is 10.2 Å².